The fourth-order valence-corrected chi connectivity index (χ4v) is 1.10. The molecule has 0 fully saturated rings. The molecule has 5 heteroatoms. The Morgan fingerprint density at radius 1 is 1.20 bits per heavy atom. The summed E-state index contributed by atoms with van der Waals surface area (Å²) in [6, 6.07) is 4.75. The van der Waals surface area contributed by atoms with Crippen molar-refractivity contribution in [2.75, 3.05) is 5.32 Å². The Morgan fingerprint density at radius 3 is 2.80 bits per heavy atom. The van der Waals surface area contributed by atoms with E-state index in [-0.39, 0.29) is 0 Å². The van der Waals surface area contributed by atoms with Gasteiger partial charge in [-0.25, -0.2) is 15.0 Å². The summed E-state index contributed by atoms with van der Waals surface area (Å²) in [6.45, 7) is 0.565. The van der Waals surface area contributed by atoms with E-state index >= 15 is 0 Å². The largest absolute Gasteiger partial charge is 0.378 e. The monoisotopic (exact) mass is 204 g/mol. The van der Waals surface area contributed by atoms with Crippen LogP contribution in [0, 0.1) is 5.95 Å². The van der Waals surface area contributed by atoms with Crippen molar-refractivity contribution in [1.82, 2.24) is 15.0 Å². The van der Waals surface area contributed by atoms with E-state index in [1.54, 1.807) is 12.3 Å². The maximum Gasteiger partial charge on any atom is 0.212 e. The van der Waals surface area contributed by atoms with Gasteiger partial charge in [0.1, 0.15) is 6.33 Å². The van der Waals surface area contributed by atoms with Gasteiger partial charge in [0.25, 0.3) is 0 Å². The normalized spacial score (nSPS) is 9.93. The summed E-state index contributed by atoms with van der Waals surface area (Å²) in [6.07, 6.45) is 4.60. The summed E-state index contributed by atoms with van der Waals surface area (Å²) < 4.78 is 12.5. The zero-order valence-corrected chi connectivity index (χ0v) is 7.89. The van der Waals surface area contributed by atoms with Gasteiger partial charge in [0.05, 0.1) is 24.1 Å². The second kappa shape index (κ2) is 4.45. The minimum Gasteiger partial charge on any atom is -0.378 e. The molecule has 0 spiro atoms. The first-order valence-corrected chi connectivity index (χ1v) is 4.45. The molecule has 0 saturated heterocycles. The summed E-state index contributed by atoms with van der Waals surface area (Å²) in [5, 5.41) is 3.07. The van der Waals surface area contributed by atoms with E-state index in [2.05, 4.69) is 20.3 Å². The second-order valence-electron chi connectivity index (χ2n) is 2.92. The first-order chi connectivity index (χ1) is 7.34. The van der Waals surface area contributed by atoms with Gasteiger partial charge in [0, 0.05) is 6.20 Å². The van der Waals surface area contributed by atoms with E-state index in [1.165, 1.54) is 18.6 Å². The first-order valence-electron chi connectivity index (χ1n) is 4.45. The standard InChI is InChI=1S/C10H9FN4/c11-10-2-1-8(6-14-10)13-5-9-3-4-12-7-15-9/h1-4,6-7,13H,5H2. The molecule has 0 aromatic carbocycles. The lowest BCUT2D eigenvalue weighted by Crippen LogP contribution is -2.01. The van der Waals surface area contributed by atoms with Crippen LogP contribution in [0.25, 0.3) is 0 Å². The Morgan fingerprint density at radius 2 is 2.13 bits per heavy atom. The molecule has 0 atom stereocenters. The van der Waals surface area contributed by atoms with Gasteiger partial charge >= 0.3 is 0 Å². The summed E-state index contributed by atoms with van der Waals surface area (Å²) in [7, 11) is 0. The third-order valence-electron chi connectivity index (χ3n) is 1.84. The second-order valence-corrected chi connectivity index (χ2v) is 2.92. The molecular formula is C10H9FN4. The molecule has 0 aliphatic carbocycles. The molecule has 15 heavy (non-hydrogen) atoms. The van der Waals surface area contributed by atoms with Crippen molar-refractivity contribution in [2.45, 2.75) is 6.54 Å². The number of hydrogen-bond acceptors (Lipinski definition) is 4. The van der Waals surface area contributed by atoms with Crippen molar-refractivity contribution in [1.29, 1.82) is 0 Å². The number of nitrogens with zero attached hydrogens (tertiary/aromatic N) is 3. The molecule has 0 bridgehead atoms. The quantitative estimate of drug-likeness (QED) is 0.772. The van der Waals surface area contributed by atoms with Crippen LogP contribution >= 0.6 is 0 Å². The molecule has 1 N–H and O–H groups in total. The SMILES string of the molecule is Fc1ccc(NCc2ccncn2)cn1. The van der Waals surface area contributed by atoms with Crippen LogP contribution in [0.1, 0.15) is 5.69 Å². The van der Waals surface area contributed by atoms with Crippen LogP contribution in [0.5, 0.6) is 0 Å². The average Bonchev–Trinajstić information content (AvgIpc) is 2.30. The number of hydrogen-bond donors (Lipinski definition) is 1. The van der Waals surface area contributed by atoms with Crippen LogP contribution in [-0.2, 0) is 6.54 Å². The number of anilines is 1. The third-order valence-corrected chi connectivity index (χ3v) is 1.84. The first kappa shape index (κ1) is 9.51. The maximum absolute atomic E-state index is 12.5. The highest BCUT2D eigenvalue weighted by atomic mass is 19.1. The van der Waals surface area contributed by atoms with Crippen molar-refractivity contribution in [2.24, 2.45) is 0 Å². The fourth-order valence-electron chi connectivity index (χ4n) is 1.10. The van der Waals surface area contributed by atoms with E-state index in [1.807, 2.05) is 6.07 Å². The molecule has 0 saturated carbocycles. The number of nitrogens with one attached hydrogen (secondary N) is 1. The Hall–Kier alpha value is -2.04. The van der Waals surface area contributed by atoms with Gasteiger partial charge in [-0.15, -0.1) is 0 Å². The average molecular weight is 204 g/mol. The summed E-state index contributed by atoms with van der Waals surface area (Å²) in [4.78, 5) is 11.4. The molecule has 0 aliphatic heterocycles. The van der Waals surface area contributed by atoms with Gasteiger partial charge in [-0.3, -0.25) is 0 Å². The molecule has 0 radical (unpaired) electrons. The molecule has 2 heterocycles. The Bertz CT molecular complexity index is 415. The third kappa shape index (κ3) is 2.70. The van der Waals surface area contributed by atoms with Crippen molar-refractivity contribution in [3.05, 3.63) is 48.6 Å². The Kier molecular flexibility index (Phi) is 2.82. The van der Waals surface area contributed by atoms with Crippen LogP contribution in [-0.4, -0.2) is 15.0 Å². The maximum atomic E-state index is 12.5. The zero-order chi connectivity index (χ0) is 10.5. The van der Waals surface area contributed by atoms with Gasteiger partial charge in [-0.1, -0.05) is 0 Å². The highest BCUT2D eigenvalue weighted by molar-refractivity contribution is 5.40. The van der Waals surface area contributed by atoms with Crippen LogP contribution in [0.3, 0.4) is 0 Å². The van der Waals surface area contributed by atoms with Gasteiger partial charge in [0.15, 0.2) is 0 Å². The molecule has 2 aromatic heterocycles. The summed E-state index contributed by atoms with van der Waals surface area (Å²) in [5.41, 5.74) is 1.63. The van der Waals surface area contributed by atoms with Gasteiger partial charge in [0.2, 0.25) is 5.95 Å². The van der Waals surface area contributed by atoms with E-state index in [0.717, 1.165) is 11.4 Å². The zero-order valence-electron chi connectivity index (χ0n) is 7.89. The van der Waals surface area contributed by atoms with Crippen molar-refractivity contribution in [3.63, 3.8) is 0 Å². The molecule has 76 valence electrons. The van der Waals surface area contributed by atoms with Crippen LogP contribution in [0.4, 0.5) is 10.1 Å². The van der Waals surface area contributed by atoms with Gasteiger partial charge in [-0.2, -0.15) is 4.39 Å². The summed E-state index contributed by atoms with van der Waals surface area (Å²) in [5.74, 6) is -0.484. The lowest BCUT2D eigenvalue weighted by Gasteiger charge is -2.04. The lowest BCUT2D eigenvalue weighted by atomic mass is 10.3. The number of aromatic nitrogens is 3. The number of rotatable bonds is 3. The topological polar surface area (TPSA) is 50.7 Å². The molecule has 0 aliphatic rings. The number of halogens is 1. The Balaban J connectivity index is 1.96. The highest BCUT2D eigenvalue weighted by Gasteiger charge is 1.95. The predicted molar refractivity (Wildman–Crippen MR) is 53.6 cm³/mol. The van der Waals surface area contributed by atoms with Crippen LogP contribution in [0.15, 0.2) is 36.9 Å². The van der Waals surface area contributed by atoms with Crippen molar-refractivity contribution >= 4 is 5.69 Å². The van der Waals surface area contributed by atoms with E-state index in [0.29, 0.717) is 6.54 Å². The fraction of sp³-hybridized carbons (Fsp3) is 0.100. The molecule has 0 unspecified atom stereocenters. The van der Waals surface area contributed by atoms with E-state index in [9.17, 15) is 4.39 Å². The van der Waals surface area contributed by atoms with Gasteiger partial charge < -0.3 is 5.32 Å². The molecular weight excluding hydrogens is 195 g/mol. The minimum atomic E-state index is -0.484. The molecule has 4 nitrogen and oxygen atoms in total. The van der Waals surface area contributed by atoms with Gasteiger partial charge in [-0.05, 0) is 18.2 Å². The van der Waals surface area contributed by atoms with E-state index in [4.69, 9.17) is 0 Å². The molecule has 0 amide bonds. The Labute approximate surface area is 86.2 Å². The summed E-state index contributed by atoms with van der Waals surface area (Å²) >= 11 is 0. The smallest absolute Gasteiger partial charge is 0.212 e. The molecule has 2 aromatic rings. The number of pyridine rings is 1. The predicted octanol–water partition coefficient (Wildman–Crippen LogP) is 1.62. The minimum absolute atomic E-state index is 0.484. The van der Waals surface area contributed by atoms with E-state index < -0.39 is 5.95 Å². The van der Waals surface area contributed by atoms with Crippen molar-refractivity contribution < 1.29 is 4.39 Å². The lowest BCUT2D eigenvalue weighted by molar-refractivity contribution is 0.584. The van der Waals surface area contributed by atoms with Crippen molar-refractivity contribution in [3.8, 4) is 0 Å². The molecule has 2 rings (SSSR count). The highest BCUT2D eigenvalue weighted by Crippen LogP contribution is 2.06. The van der Waals surface area contributed by atoms with Crippen LogP contribution < -0.4 is 5.32 Å². The van der Waals surface area contributed by atoms with Crippen LogP contribution in [0.2, 0.25) is 0 Å².